The van der Waals surface area contributed by atoms with Crippen molar-refractivity contribution >= 4 is 15.9 Å². The summed E-state index contributed by atoms with van der Waals surface area (Å²) in [6.45, 7) is 5.90. The molecule has 0 radical (unpaired) electrons. The monoisotopic (exact) mass is 317 g/mol. The Morgan fingerprint density at radius 2 is 2.17 bits per heavy atom. The van der Waals surface area contributed by atoms with E-state index in [-0.39, 0.29) is 6.04 Å². The molecule has 2 N–H and O–H groups in total. The van der Waals surface area contributed by atoms with Gasteiger partial charge in [-0.05, 0) is 42.1 Å². The van der Waals surface area contributed by atoms with E-state index in [0.717, 1.165) is 49.0 Å². The van der Waals surface area contributed by atoms with Crippen LogP contribution in [0.1, 0.15) is 38.1 Å². The minimum Gasteiger partial charge on any atom is -0.385 e. The maximum atomic E-state index is 6.17. The van der Waals surface area contributed by atoms with E-state index in [1.54, 1.807) is 7.11 Å². The average molecular weight is 318 g/mol. The fourth-order valence-electron chi connectivity index (χ4n) is 2.05. The van der Waals surface area contributed by atoms with Crippen LogP contribution in [0.15, 0.2) is 4.47 Å². The third-order valence-electron chi connectivity index (χ3n) is 3.07. The summed E-state index contributed by atoms with van der Waals surface area (Å²) in [5.74, 6) is 0. The van der Waals surface area contributed by atoms with Crippen LogP contribution in [0, 0.1) is 0 Å². The highest BCUT2D eigenvalue weighted by Gasteiger charge is 2.16. The van der Waals surface area contributed by atoms with Crippen molar-refractivity contribution < 1.29 is 4.74 Å². The fourth-order valence-corrected chi connectivity index (χ4v) is 2.78. The largest absolute Gasteiger partial charge is 0.385 e. The van der Waals surface area contributed by atoms with Crippen LogP contribution < -0.4 is 5.73 Å². The first kappa shape index (κ1) is 15.7. The molecule has 0 amide bonds. The molecule has 0 spiro atoms. The summed E-state index contributed by atoms with van der Waals surface area (Å²) >= 11 is 3.65. The minimum absolute atomic E-state index is 0.170. The smallest absolute Gasteiger partial charge is 0.0766 e. The van der Waals surface area contributed by atoms with E-state index in [4.69, 9.17) is 10.5 Å². The molecular weight excluding hydrogens is 294 g/mol. The SMILES string of the molecule is CCc1nn(CC)c(CC(N)CCCOC)c1Br. The van der Waals surface area contributed by atoms with Crippen LogP contribution in [-0.4, -0.2) is 29.5 Å². The van der Waals surface area contributed by atoms with Crippen LogP contribution in [0.3, 0.4) is 0 Å². The van der Waals surface area contributed by atoms with E-state index in [1.165, 1.54) is 5.69 Å². The number of hydrogen-bond acceptors (Lipinski definition) is 3. The molecule has 0 aliphatic heterocycles. The molecule has 0 aromatic carbocycles. The van der Waals surface area contributed by atoms with Crippen molar-refractivity contribution in [1.82, 2.24) is 9.78 Å². The fraction of sp³-hybridized carbons (Fsp3) is 0.769. The summed E-state index contributed by atoms with van der Waals surface area (Å²) < 4.78 is 8.24. The van der Waals surface area contributed by atoms with Gasteiger partial charge in [-0.1, -0.05) is 6.92 Å². The van der Waals surface area contributed by atoms with E-state index in [9.17, 15) is 0 Å². The maximum absolute atomic E-state index is 6.17. The zero-order valence-electron chi connectivity index (χ0n) is 11.6. The highest BCUT2D eigenvalue weighted by atomic mass is 79.9. The third-order valence-corrected chi connectivity index (χ3v) is 3.99. The van der Waals surface area contributed by atoms with Crippen LogP contribution >= 0.6 is 15.9 Å². The van der Waals surface area contributed by atoms with Gasteiger partial charge in [-0.15, -0.1) is 0 Å². The van der Waals surface area contributed by atoms with Crippen LogP contribution in [-0.2, 0) is 24.1 Å². The second kappa shape index (κ2) is 7.92. The molecule has 0 aliphatic carbocycles. The zero-order chi connectivity index (χ0) is 13.5. The molecule has 0 fully saturated rings. The number of methoxy groups -OCH3 is 1. The van der Waals surface area contributed by atoms with E-state index in [2.05, 4.69) is 39.6 Å². The van der Waals surface area contributed by atoms with Gasteiger partial charge in [-0.25, -0.2) is 0 Å². The second-order valence-electron chi connectivity index (χ2n) is 4.48. The van der Waals surface area contributed by atoms with E-state index in [0.29, 0.717) is 0 Å². The van der Waals surface area contributed by atoms with Gasteiger partial charge in [-0.3, -0.25) is 4.68 Å². The summed E-state index contributed by atoms with van der Waals surface area (Å²) in [5.41, 5.74) is 8.51. The first-order chi connectivity index (χ1) is 8.63. The van der Waals surface area contributed by atoms with E-state index < -0.39 is 0 Å². The molecule has 1 aromatic rings. The van der Waals surface area contributed by atoms with Crippen molar-refractivity contribution in [3.05, 3.63) is 15.9 Å². The minimum atomic E-state index is 0.170. The van der Waals surface area contributed by atoms with Gasteiger partial charge in [0.1, 0.15) is 0 Å². The number of aryl methyl sites for hydroxylation is 2. The molecule has 1 aromatic heterocycles. The molecule has 0 saturated carbocycles. The molecular formula is C13H24BrN3O. The Labute approximate surface area is 118 Å². The summed E-state index contributed by atoms with van der Waals surface area (Å²) in [6, 6.07) is 0.170. The number of nitrogens with zero attached hydrogens (tertiary/aromatic N) is 2. The number of ether oxygens (including phenoxy) is 1. The van der Waals surface area contributed by atoms with Gasteiger partial charge in [0.2, 0.25) is 0 Å². The topological polar surface area (TPSA) is 53.1 Å². The van der Waals surface area contributed by atoms with Crippen molar-refractivity contribution in [2.45, 2.75) is 52.1 Å². The van der Waals surface area contributed by atoms with E-state index in [1.807, 2.05) is 0 Å². The molecule has 1 unspecified atom stereocenters. The van der Waals surface area contributed by atoms with Crippen molar-refractivity contribution in [2.75, 3.05) is 13.7 Å². The Kier molecular flexibility index (Phi) is 6.89. The first-order valence-electron chi connectivity index (χ1n) is 6.62. The average Bonchev–Trinajstić information content (AvgIpc) is 2.66. The van der Waals surface area contributed by atoms with Gasteiger partial charge in [0.25, 0.3) is 0 Å². The Morgan fingerprint density at radius 3 is 2.72 bits per heavy atom. The summed E-state index contributed by atoms with van der Waals surface area (Å²) in [4.78, 5) is 0. The first-order valence-corrected chi connectivity index (χ1v) is 7.41. The standard InChI is InChI=1S/C13H24BrN3O/c1-4-11-13(14)12(17(5-2)16-11)9-10(15)7-6-8-18-3/h10H,4-9,15H2,1-3H3. The van der Waals surface area contributed by atoms with Crippen LogP contribution in [0.4, 0.5) is 0 Å². The number of aromatic nitrogens is 2. The van der Waals surface area contributed by atoms with Crippen molar-refractivity contribution in [2.24, 2.45) is 5.73 Å². The molecule has 1 heterocycles. The molecule has 0 bridgehead atoms. The van der Waals surface area contributed by atoms with Crippen LogP contribution in [0.25, 0.3) is 0 Å². The van der Waals surface area contributed by atoms with E-state index >= 15 is 0 Å². The van der Waals surface area contributed by atoms with Gasteiger partial charge in [-0.2, -0.15) is 5.10 Å². The van der Waals surface area contributed by atoms with Crippen molar-refractivity contribution in [3.8, 4) is 0 Å². The molecule has 0 saturated heterocycles. The van der Waals surface area contributed by atoms with Crippen LogP contribution in [0.5, 0.6) is 0 Å². The van der Waals surface area contributed by atoms with Crippen molar-refractivity contribution in [3.63, 3.8) is 0 Å². The third kappa shape index (κ3) is 4.07. The van der Waals surface area contributed by atoms with Crippen molar-refractivity contribution in [1.29, 1.82) is 0 Å². The number of nitrogens with two attached hydrogens (primary N) is 1. The van der Waals surface area contributed by atoms with Gasteiger partial charge in [0.15, 0.2) is 0 Å². The highest BCUT2D eigenvalue weighted by molar-refractivity contribution is 9.10. The normalized spacial score (nSPS) is 12.9. The number of rotatable bonds is 8. The Morgan fingerprint density at radius 1 is 1.44 bits per heavy atom. The van der Waals surface area contributed by atoms with Gasteiger partial charge in [0, 0.05) is 32.7 Å². The lowest BCUT2D eigenvalue weighted by molar-refractivity contribution is 0.190. The molecule has 0 aliphatic rings. The molecule has 18 heavy (non-hydrogen) atoms. The second-order valence-corrected chi connectivity index (χ2v) is 5.27. The van der Waals surface area contributed by atoms with Gasteiger partial charge >= 0.3 is 0 Å². The molecule has 104 valence electrons. The van der Waals surface area contributed by atoms with Crippen LogP contribution in [0.2, 0.25) is 0 Å². The zero-order valence-corrected chi connectivity index (χ0v) is 13.2. The lowest BCUT2D eigenvalue weighted by atomic mass is 10.1. The predicted molar refractivity (Wildman–Crippen MR) is 77.8 cm³/mol. The molecule has 4 nitrogen and oxygen atoms in total. The summed E-state index contributed by atoms with van der Waals surface area (Å²) in [7, 11) is 1.72. The van der Waals surface area contributed by atoms with Gasteiger partial charge < -0.3 is 10.5 Å². The summed E-state index contributed by atoms with van der Waals surface area (Å²) in [6.07, 6.45) is 3.80. The van der Waals surface area contributed by atoms with Gasteiger partial charge in [0.05, 0.1) is 15.9 Å². The summed E-state index contributed by atoms with van der Waals surface area (Å²) in [5, 5.41) is 4.59. The maximum Gasteiger partial charge on any atom is 0.0766 e. The molecule has 1 rings (SSSR count). The Hall–Kier alpha value is -0.390. The molecule has 5 heteroatoms. The number of halogens is 1. The predicted octanol–water partition coefficient (Wildman–Crippen LogP) is 2.52. The Balaban J connectivity index is 2.67. The number of hydrogen-bond donors (Lipinski definition) is 1. The lowest BCUT2D eigenvalue weighted by Gasteiger charge is -2.12. The highest BCUT2D eigenvalue weighted by Crippen LogP contribution is 2.23. The lowest BCUT2D eigenvalue weighted by Crippen LogP contribution is -2.25. The Bertz CT molecular complexity index is 365. The quantitative estimate of drug-likeness (QED) is 0.750. The molecule has 1 atom stereocenters.